The standard InChI is InChI=1S/C35H36O6/c1-37-30-19-17-28(18-20-30)25-40-33-22-31(38-23-26-11-5-2-6-12-26)21-32(39-24-27-13-7-3-8-14-27)34(33)41-35(36)29-15-9-4-10-16-29/h2-20,31-34H,21-25H2,1H3/t31?,32-,33-,34+/m1/s1. The molecule has 5 rings (SSSR count). The number of carbonyl (C=O) groups is 1. The highest BCUT2D eigenvalue weighted by Gasteiger charge is 2.42. The molecule has 0 amide bonds. The van der Waals surface area contributed by atoms with E-state index in [1.54, 1.807) is 19.2 Å². The molecule has 0 spiro atoms. The van der Waals surface area contributed by atoms with Gasteiger partial charge in [-0.15, -0.1) is 0 Å². The van der Waals surface area contributed by atoms with Crippen LogP contribution in [0.4, 0.5) is 0 Å². The molecule has 1 unspecified atom stereocenters. The highest BCUT2D eigenvalue weighted by molar-refractivity contribution is 5.89. The Kier molecular flexibility index (Phi) is 10.2. The number of esters is 1. The van der Waals surface area contributed by atoms with Crippen molar-refractivity contribution in [1.82, 2.24) is 0 Å². The highest BCUT2D eigenvalue weighted by atomic mass is 16.6. The average molecular weight is 553 g/mol. The summed E-state index contributed by atoms with van der Waals surface area (Å²) in [6.07, 6.45) is -0.446. The first-order valence-corrected chi connectivity index (χ1v) is 14.0. The van der Waals surface area contributed by atoms with E-state index >= 15 is 0 Å². The van der Waals surface area contributed by atoms with Gasteiger partial charge in [0.1, 0.15) is 5.75 Å². The number of ether oxygens (including phenoxy) is 5. The van der Waals surface area contributed by atoms with E-state index in [2.05, 4.69) is 0 Å². The van der Waals surface area contributed by atoms with E-state index < -0.39 is 24.3 Å². The summed E-state index contributed by atoms with van der Waals surface area (Å²) in [6.45, 7) is 1.23. The van der Waals surface area contributed by atoms with E-state index in [-0.39, 0.29) is 6.10 Å². The van der Waals surface area contributed by atoms with Gasteiger partial charge in [-0.25, -0.2) is 4.79 Å². The third-order valence-electron chi connectivity index (χ3n) is 7.23. The average Bonchev–Trinajstić information content (AvgIpc) is 3.04. The lowest BCUT2D eigenvalue weighted by atomic mass is 9.88. The second-order valence-corrected chi connectivity index (χ2v) is 10.2. The maximum absolute atomic E-state index is 13.2. The van der Waals surface area contributed by atoms with Crippen LogP contribution in [0.5, 0.6) is 5.75 Å². The van der Waals surface area contributed by atoms with Crippen molar-refractivity contribution < 1.29 is 28.5 Å². The molecular weight excluding hydrogens is 516 g/mol. The van der Waals surface area contributed by atoms with Gasteiger partial charge in [0.2, 0.25) is 0 Å². The molecule has 0 saturated heterocycles. The summed E-state index contributed by atoms with van der Waals surface area (Å²) >= 11 is 0. The summed E-state index contributed by atoms with van der Waals surface area (Å²) in [5.74, 6) is 0.385. The Labute approximate surface area is 241 Å². The fourth-order valence-corrected chi connectivity index (χ4v) is 4.99. The third kappa shape index (κ3) is 8.27. The zero-order valence-corrected chi connectivity index (χ0v) is 23.3. The van der Waals surface area contributed by atoms with Crippen LogP contribution >= 0.6 is 0 Å². The van der Waals surface area contributed by atoms with Gasteiger partial charge in [-0.05, 0) is 41.0 Å². The summed E-state index contributed by atoms with van der Waals surface area (Å²) < 4.78 is 30.8. The predicted octanol–water partition coefficient (Wildman–Crippen LogP) is 6.77. The minimum Gasteiger partial charge on any atom is -0.497 e. The van der Waals surface area contributed by atoms with Crippen LogP contribution in [0.1, 0.15) is 39.9 Å². The number of rotatable bonds is 12. The summed E-state index contributed by atoms with van der Waals surface area (Å²) in [5, 5.41) is 0. The van der Waals surface area contributed by atoms with Gasteiger partial charge in [-0.3, -0.25) is 0 Å². The Morgan fingerprint density at radius 3 is 1.59 bits per heavy atom. The largest absolute Gasteiger partial charge is 0.497 e. The van der Waals surface area contributed by atoms with Crippen LogP contribution < -0.4 is 4.74 Å². The van der Waals surface area contributed by atoms with Crippen molar-refractivity contribution in [2.75, 3.05) is 7.11 Å². The number of carbonyl (C=O) groups excluding carboxylic acids is 1. The Hall–Kier alpha value is -3.97. The molecule has 4 atom stereocenters. The van der Waals surface area contributed by atoms with E-state index in [0.29, 0.717) is 38.2 Å². The van der Waals surface area contributed by atoms with Crippen LogP contribution in [0.15, 0.2) is 115 Å². The van der Waals surface area contributed by atoms with Crippen molar-refractivity contribution in [3.8, 4) is 5.75 Å². The molecule has 4 aromatic rings. The first kappa shape index (κ1) is 28.6. The lowest BCUT2D eigenvalue weighted by Gasteiger charge is -2.40. The SMILES string of the molecule is COc1ccc(CO[C@@H]2CC(OCc3ccccc3)C[C@@H](OCc3ccccc3)[C@@H]2OC(=O)c2ccccc2)cc1. The van der Waals surface area contributed by atoms with Gasteiger partial charge >= 0.3 is 5.97 Å². The summed E-state index contributed by atoms with van der Waals surface area (Å²) in [7, 11) is 1.64. The fraction of sp³-hybridized carbons (Fsp3) is 0.286. The molecule has 1 fully saturated rings. The highest BCUT2D eigenvalue weighted by Crippen LogP contribution is 2.32. The van der Waals surface area contributed by atoms with Crippen LogP contribution in [-0.2, 0) is 38.8 Å². The number of hydrogen-bond donors (Lipinski definition) is 0. The van der Waals surface area contributed by atoms with Gasteiger partial charge in [0, 0.05) is 12.8 Å². The Morgan fingerprint density at radius 1 is 0.610 bits per heavy atom. The first-order chi connectivity index (χ1) is 20.2. The van der Waals surface area contributed by atoms with Crippen LogP contribution in [0.2, 0.25) is 0 Å². The lowest BCUT2D eigenvalue weighted by molar-refractivity contribution is -0.176. The zero-order chi connectivity index (χ0) is 28.3. The molecule has 0 aliphatic heterocycles. The molecule has 1 aliphatic rings. The lowest BCUT2D eigenvalue weighted by Crippen LogP contribution is -2.51. The van der Waals surface area contributed by atoms with E-state index in [1.165, 1.54) is 0 Å². The minimum absolute atomic E-state index is 0.136. The normalized spacial score (nSPS) is 20.3. The zero-order valence-electron chi connectivity index (χ0n) is 23.3. The van der Waals surface area contributed by atoms with Gasteiger partial charge < -0.3 is 23.7 Å². The van der Waals surface area contributed by atoms with Gasteiger partial charge in [0.05, 0.1) is 50.8 Å². The molecule has 212 valence electrons. The van der Waals surface area contributed by atoms with Gasteiger partial charge in [0.15, 0.2) is 6.10 Å². The Morgan fingerprint density at radius 2 is 1.07 bits per heavy atom. The number of methoxy groups -OCH3 is 1. The molecule has 0 aromatic heterocycles. The molecule has 1 aliphatic carbocycles. The van der Waals surface area contributed by atoms with Crippen LogP contribution in [0.25, 0.3) is 0 Å². The quantitative estimate of drug-likeness (QED) is 0.181. The monoisotopic (exact) mass is 552 g/mol. The Bertz CT molecular complexity index is 1330. The molecule has 0 heterocycles. The van der Waals surface area contributed by atoms with Gasteiger partial charge in [-0.2, -0.15) is 0 Å². The maximum atomic E-state index is 13.2. The second-order valence-electron chi connectivity index (χ2n) is 10.2. The summed E-state index contributed by atoms with van der Waals surface area (Å²) in [5.41, 5.74) is 3.63. The van der Waals surface area contributed by atoms with Crippen molar-refractivity contribution in [1.29, 1.82) is 0 Å². The molecule has 0 N–H and O–H groups in total. The van der Waals surface area contributed by atoms with Crippen molar-refractivity contribution >= 4 is 5.97 Å². The first-order valence-electron chi connectivity index (χ1n) is 14.0. The van der Waals surface area contributed by atoms with Crippen LogP contribution in [0.3, 0.4) is 0 Å². The van der Waals surface area contributed by atoms with E-state index in [0.717, 1.165) is 22.4 Å². The molecule has 4 aromatic carbocycles. The fourth-order valence-electron chi connectivity index (χ4n) is 4.99. The summed E-state index contributed by atoms with van der Waals surface area (Å²) in [6, 6.07) is 36.9. The second kappa shape index (κ2) is 14.6. The van der Waals surface area contributed by atoms with Gasteiger partial charge in [-0.1, -0.05) is 91.0 Å². The molecule has 0 bridgehead atoms. The number of hydrogen-bond acceptors (Lipinski definition) is 6. The molecule has 1 saturated carbocycles. The van der Waals surface area contributed by atoms with Gasteiger partial charge in [0.25, 0.3) is 0 Å². The maximum Gasteiger partial charge on any atom is 0.338 e. The van der Waals surface area contributed by atoms with E-state index in [4.69, 9.17) is 23.7 Å². The van der Waals surface area contributed by atoms with Crippen molar-refractivity contribution in [3.05, 3.63) is 138 Å². The summed E-state index contributed by atoms with van der Waals surface area (Å²) in [4.78, 5) is 13.2. The predicted molar refractivity (Wildman–Crippen MR) is 156 cm³/mol. The van der Waals surface area contributed by atoms with Crippen molar-refractivity contribution in [3.63, 3.8) is 0 Å². The van der Waals surface area contributed by atoms with E-state index in [9.17, 15) is 4.79 Å². The van der Waals surface area contributed by atoms with Crippen LogP contribution in [-0.4, -0.2) is 37.5 Å². The molecular formula is C35H36O6. The number of benzene rings is 4. The van der Waals surface area contributed by atoms with Crippen molar-refractivity contribution in [2.45, 2.75) is 57.1 Å². The topological polar surface area (TPSA) is 63.2 Å². The van der Waals surface area contributed by atoms with Crippen molar-refractivity contribution in [2.24, 2.45) is 0 Å². The molecule has 0 radical (unpaired) electrons. The van der Waals surface area contributed by atoms with Crippen LogP contribution in [0, 0.1) is 0 Å². The molecule has 41 heavy (non-hydrogen) atoms. The smallest absolute Gasteiger partial charge is 0.338 e. The molecule has 6 nitrogen and oxygen atoms in total. The minimum atomic E-state index is -0.610. The van der Waals surface area contributed by atoms with E-state index in [1.807, 2.05) is 103 Å². The third-order valence-corrected chi connectivity index (χ3v) is 7.23. The Balaban J connectivity index is 1.36. The molecule has 6 heteroatoms.